The molecule has 0 aliphatic carbocycles. The molecule has 2 nitrogen and oxygen atoms in total. The molecule has 0 bridgehead atoms. The Labute approximate surface area is 275 Å². The summed E-state index contributed by atoms with van der Waals surface area (Å²) in [7, 11) is 0. The van der Waals surface area contributed by atoms with Crippen LogP contribution in [-0.4, -0.2) is 8.80 Å². The molecule has 0 N–H and O–H groups in total. The Bertz CT molecular complexity index is 2900. The van der Waals surface area contributed by atoms with E-state index in [1.54, 1.807) is 0 Å². The molecule has 0 fully saturated rings. The van der Waals surface area contributed by atoms with E-state index in [0.717, 1.165) is 0 Å². The predicted octanol–water partition coefficient (Wildman–Crippen LogP) is 12.5. The molecule has 12 aromatic rings. The highest BCUT2D eigenvalue weighted by molar-refractivity contribution is 6.26. The zero-order valence-corrected chi connectivity index (χ0v) is 25.9. The second-order valence-electron chi connectivity index (χ2n) is 13.4. The molecule has 0 atom stereocenters. The fourth-order valence-electron chi connectivity index (χ4n) is 8.84. The van der Waals surface area contributed by atoms with Gasteiger partial charge in [0, 0.05) is 43.1 Å². The van der Waals surface area contributed by atoms with Gasteiger partial charge in [0.15, 0.2) is 0 Å². The minimum Gasteiger partial charge on any atom is -0.308 e. The lowest BCUT2D eigenvalue weighted by molar-refractivity contribution is 1.37. The van der Waals surface area contributed by atoms with Crippen molar-refractivity contribution < 1.29 is 0 Å². The number of hydrogen-bond donors (Lipinski definition) is 0. The molecule has 0 saturated heterocycles. The molecule has 0 unspecified atom stereocenters. The van der Waals surface area contributed by atoms with E-state index in [9.17, 15) is 0 Å². The van der Waals surface area contributed by atoms with Crippen molar-refractivity contribution in [1.29, 1.82) is 0 Å². The minimum atomic E-state index is 1.24. The number of fused-ring (bicyclic) bond motifs is 13. The molecule has 2 heteroatoms. The molecule has 0 spiro atoms. The summed E-state index contributed by atoms with van der Waals surface area (Å²) in [5.74, 6) is 0. The lowest BCUT2D eigenvalue weighted by Gasteiger charge is -2.09. The van der Waals surface area contributed by atoms with Gasteiger partial charge in [-0.25, -0.2) is 0 Å². The smallest absolute Gasteiger partial charge is 0.0620 e. The molecule has 4 aromatic heterocycles. The maximum absolute atomic E-state index is 2.45. The molecule has 48 heavy (non-hydrogen) atoms. The summed E-state index contributed by atoms with van der Waals surface area (Å²) in [5, 5.41) is 13.0. The third-order valence-electron chi connectivity index (χ3n) is 10.9. The van der Waals surface area contributed by atoms with E-state index in [1.807, 2.05) is 0 Å². The zero-order chi connectivity index (χ0) is 31.1. The lowest BCUT2D eigenvalue weighted by atomic mass is 9.94. The van der Waals surface area contributed by atoms with E-state index in [-0.39, 0.29) is 0 Å². The topological polar surface area (TPSA) is 8.82 Å². The quantitative estimate of drug-likeness (QED) is 0.185. The van der Waals surface area contributed by atoms with Crippen LogP contribution in [0.1, 0.15) is 0 Å². The van der Waals surface area contributed by atoms with E-state index in [0.29, 0.717) is 0 Å². The summed E-state index contributed by atoms with van der Waals surface area (Å²) in [5.41, 5.74) is 12.7. The Hall–Kier alpha value is -6.38. The summed E-state index contributed by atoms with van der Waals surface area (Å²) in [4.78, 5) is 0. The summed E-state index contributed by atoms with van der Waals surface area (Å²) >= 11 is 0. The molecule has 4 heterocycles. The monoisotopic (exact) mass is 606 g/mol. The van der Waals surface area contributed by atoms with Gasteiger partial charge in [-0.3, -0.25) is 0 Å². The van der Waals surface area contributed by atoms with Gasteiger partial charge in [0.25, 0.3) is 0 Å². The van der Waals surface area contributed by atoms with E-state index in [4.69, 9.17) is 0 Å². The van der Waals surface area contributed by atoms with Crippen molar-refractivity contribution in [3.8, 4) is 22.3 Å². The Morgan fingerprint density at radius 3 is 0.938 bits per heavy atom. The van der Waals surface area contributed by atoms with Crippen molar-refractivity contribution in [3.63, 3.8) is 0 Å². The molecule has 0 aliphatic rings. The first-order chi connectivity index (χ1) is 23.8. The number of aromatic nitrogens is 2. The van der Waals surface area contributed by atoms with Gasteiger partial charge in [-0.1, -0.05) is 97.1 Å². The maximum Gasteiger partial charge on any atom is 0.0620 e. The third kappa shape index (κ3) is 3.03. The van der Waals surface area contributed by atoms with Gasteiger partial charge in [0.05, 0.1) is 33.1 Å². The first kappa shape index (κ1) is 24.8. The van der Waals surface area contributed by atoms with Crippen molar-refractivity contribution in [3.05, 3.63) is 158 Å². The highest BCUT2D eigenvalue weighted by Gasteiger charge is 2.20. The van der Waals surface area contributed by atoms with E-state index in [2.05, 4.69) is 167 Å². The molecule has 12 rings (SSSR count). The molecular formula is C46H26N2. The van der Waals surface area contributed by atoms with Crippen LogP contribution in [0.25, 0.3) is 109 Å². The van der Waals surface area contributed by atoms with Crippen LogP contribution < -0.4 is 0 Å². The van der Waals surface area contributed by atoms with Crippen molar-refractivity contribution in [2.75, 3.05) is 0 Å². The van der Waals surface area contributed by atoms with E-state index in [1.165, 1.54) is 109 Å². The standard InChI is InChI=1S/C46H26N2/c1-5-13-41-33(9-1)37-23-31(24-38-34-10-2-6-14-42(34)47(41)45(37)38)28-19-17-27-18-20-29(22-30(27)21-28)32-25-39-35-11-3-7-15-43(35)48-44-16-8-4-12-36(44)40(26-32)46(39)48/h1-26H. The van der Waals surface area contributed by atoms with Crippen LogP contribution in [-0.2, 0) is 0 Å². The average Bonchev–Trinajstić information content (AvgIpc) is 3.87. The molecule has 0 radical (unpaired) electrons. The highest BCUT2D eigenvalue weighted by atomic mass is 14.9. The van der Waals surface area contributed by atoms with Crippen LogP contribution in [0.3, 0.4) is 0 Å². The van der Waals surface area contributed by atoms with Crippen molar-refractivity contribution in [1.82, 2.24) is 8.80 Å². The highest BCUT2D eigenvalue weighted by Crippen LogP contribution is 2.44. The summed E-state index contributed by atoms with van der Waals surface area (Å²) in [6, 6.07) is 58.8. The molecular weight excluding hydrogens is 581 g/mol. The lowest BCUT2D eigenvalue weighted by Crippen LogP contribution is -1.83. The molecule has 8 aromatic carbocycles. The number of hydrogen-bond acceptors (Lipinski definition) is 0. The normalized spacial score (nSPS) is 12.6. The van der Waals surface area contributed by atoms with E-state index >= 15 is 0 Å². The van der Waals surface area contributed by atoms with Crippen LogP contribution in [0.5, 0.6) is 0 Å². The summed E-state index contributed by atoms with van der Waals surface area (Å²) in [6.45, 7) is 0. The van der Waals surface area contributed by atoms with Crippen LogP contribution >= 0.6 is 0 Å². The molecule has 0 saturated carbocycles. The average molecular weight is 607 g/mol. The van der Waals surface area contributed by atoms with E-state index < -0.39 is 0 Å². The largest absolute Gasteiger partial charge is 0.308 e. The van der Waals surface area contributed by atoms with Gasteiger partial charge < -0.3 is 8.80 Å². The molecule has 0 aliphatic heterocycles. The van der Waals surface area contributed by atoms with Crippen molar-refractivity contribution in [2.45, 2.75) is 0 Å². The number of benzene rings is 8. The second kappa shape index (κ2) is 8.70. The number of para-hydroxylation sites is 4. The van der Waals surface area contributed by atoms with Crippen LogP contribution in [0.15, 0.2) is 158 Å². The van der Waals surface area contributed by atoms with Gasteiger partial charge in [-0.2, -0.15) is 0 Å². The first-order valence-corrected chi connectivity index (χ1v) is 16.7. The fraction of sp³-hybridized carbons (Fsp3) is 0. The predicted molar refractivity (Wildman–Crippen MR) is 204 cm³/mol. The van der Waals surface area contributed by atoms with Gasteiger partial charge in [0.2, 0.25) is 0 Å². The third-order valence-corrected chi connectivity index (χ3v) is 10.9. The summed E-state index contributed by atoms with van der Waals surface area (Å²) < 4.78 is 4.90. The minimum absolute atomic E-state index is 1.24. The van der Waals surface area contributed by atoms with Gasteiger partial charge in [-0.05, 0) is 93.7 Å². The van der Waals surface area contributed by atoms with Crippen molar-refractivity contribution >= 4 is 87.0 Å². The van der Waals surface area contributed by atoms with Crippen LogP contribution in [0.2, 0.25) is 0 Å². The van der Waals surface area contributed by atoms with Gasteiger partial charge >= 0.3 is 0 Å². The van der Waals surface area contributed by atoms with Gasteiger partial charge in [0.1, 0.15) is 0 Å². The number of nitrogens with zero attached hydrogens (tertiary/aromatic N) is 2. The second-order valence-corrected chi connectivity index (χ2v) is 13.4. The maximum atomic E-state index is 2.45. The Morgan fingerprint density at radius 2 is 0.583 bits per heavy atom. The molecule has 0 amide bonds. The molecule has 220 valence electrons. The van der Waals surface area contributed by atoms with Crippen molar-refractivity contribution in [2.24, 2.45) is 0 Å². The Kier molecular flexibility index (Phi) is 4.49. The Balaban J connectivity index is 1.09. The first-order valence-electron chi connectivity index (χ1n) is 16.7. The number of rotatable bonds is 2. The SMILES string of the molecule is c1ccc2c(c1)c1cc(-c3ccc4ccc(-c5cc6c7ccccc7n7c8ccccc8c(c5)c67)cc4c3)cc3c4ccccc4n2c13. The fourth-order valence-corrected chi connectivity index (χ4v) is 8.84. The summed E-state index contributed by atoms with van der Waals surface area (Å²) in [6.07, 6.45) is 0. The zero-order valence-electron chi connectivity index (χ0n) is 25.9. The van der Waals surface area contributed by atoms with Gasteiger partial charge in [-0.15, -0.1) is 0 Å². The van der Waals surface area contributed by atoms with Crippen LogP contribution in [0.4, 0.5) is 0 Å². The van der Waals surface area contributed by atoms with Crippen LogP contribution in [0, 0.1) is 0 Å². The Morgan fingerprint density at radius 1 is 0.250 bits per heavy atom.